The minimum absolute atomic E-state index is 0.193. The van der Waals surface area contributed by atoms with E-state index in [0.717, 1.165) is 12.1 Å². The highest BCUT2D eigenvalue weighted by Gasteiger charge is 2.15. The van der Waals surface area contributed by atoms with Crippen molar-refractivity contribution >= 4 is 11.7 Å². The van der Waals surface area contributed by atoms with Crippen molar-refractivity contribution < 1.29 is 23.0 Å². The van der Waals surface area contributed by atoms with Gasteiger partial charge in [0.15, 0.2) is 11.5 Å². The molecule has 0 fully saturated rings. The maximum absolute atomic E-state index is 13.7. The molecule has 0 aliphatic rings. The van der Waals surface area contributed by atoms with Gasteiger partial charge in [-0.3, -0.25) is 0 Å². The first kappa shape index (κ1) is 17.5. The number of amides is 2. The van der Waals surface area contributed by atoms with Crippen molar-refractivity contribution in [1.82, 2.24) is 5.32 Å². The Kier molecular flexibility index (Phi) is 5.57. The number of anilines is 1. The zero-order chi connectivity index (χ0) is 17.7. The average molecular weight is 336 g/mol. The number of nitrogens with one attached hydrogen (secondary N) is 2. The van der Waals surface area contributed by atoms with Crippen molar-refractivity contribution in [2.24, 2.45) is 0 Å². The van der Waals surface area contributed by atoms with Gasteiger partial charge in [0.2, 0.25) is 0 Å². The number of methoxy groups -OCH3 is 2. The lowest BCUT2D eigenvalue weighted by Crippen LogP contribution is -2.31. The Hall–Kier alpha value is -2.83. The lowest BCUT2D eigenvalue weighted by atomic mass is 10.1. The summed E-state index contributed by atoms with van der Waals surface area (Å²) in [7, 11) is 3.00. The largest absolute Gasteiger partial charge is 0.493 e. The van der Waals surface area contributed by atoms with Crippen LogP contribution in [0.4, 0.5) is 19.3 Å². The summed E-state index contributed by atoms with van der Waals surface area (Å²) in [5.74, 6) is -0.384. The van der Waals surface area contributed by atoms with Gasteiger partial charge in [0, 0.05) is 23.4 Å². The van der Waals surface area contributed by atoms with Crippen molar-refractivity contribution in [3.8, 4) is 11.5 Å². The highest BCUT2D eigenvalue weighted by molar-refractivity contribution is 5.89. The van der Waals surface area contributed by atoms with Crippen LogP contribution in [0, 0.1) is 11.6 Å². The highest BCUT2D eigenvalue weighted by Crippen LogP contribution is 2.29. The van der Waals surface area contributed by atoms with Gasteiger partial charge in [-0.1, -0.05) is 6.07 Å². The molecule has 0 aliphatic heterocycles. The van der Waals surface area contributed by atoms with E-state index in [0.29, 0.717) is 17.2 Å². The number of rotatable bonds is 5. The molecule has 0 spiro atoms. The van der Waals surface area contributed by atoms with Crippen LogP contribution in [0.1, 0.15) is 18.5 Å². The van der Waals surface area contributed by atoms with Gasteiger partial charge in [0.25, 0.3) is 0 Å². The zero-order valence-corrected chi connectivity index (χ0v) is 13.5. The zero-order valence-electron chi connectivity index (χ0n) is 13.5. The second-order valence-corrected chi connectivity index (χ2v) is 5.06. The summed E-state index contributed by atoms with van der Waals surface area (Å²) in [5.41, 5.74) is 0.677. The van der Waals surface area contributed by atoms with Gasteiger partial charge in [0.05, 0.1) is 20.3 Å². The molecule has 0 bridgehead atoms. The summed E-state index contributed by atoms with van der Waals surface area (Å²) in [5, 5.41) is 5.20. The Bertz CT molecular complexity index is 738. The van der Waals surface area contributed by atoms with Crippen LogP contribution < -0.4 is 20.1 Å². The molecule has 0 saturated heterocycles. The quantitative estimate of drug-likeness (QED) is 0.871. The summed E-state index contributed by atoms with van der Waals surface area (Å²) >= 11 is 0. The Morgan fingerprint density at radius 3 is 2.38 bits per heavy atom. The second-order valence-electron chi connectivity index (χ2n) is 5.06. The molecular weight excluding hydrogens is 318 g/mol. The average Bonchev–Trinajstić information content (AvgIpc) is 2.54. The number of carbonyl (C=O) groups excluding carboxylic acids is 1. The van der Waals surface area contributed by atoms with Crippen molar-refractivity contribution in [2.45, 2.75) is 13.0 Å². The topological polar surface area (TPSA) is 59.6 Å². The molecule has 0 unspecified atom stereocenters. The molecule has 2 N–H and O–H groups in total. The maximum Gasteiger partial charge on any atom is 0.319 e. The van der Waals surface area contributed by atoms with E-state index in [1.165, 1.54) is 20.3 Å². The van der Waals surface area contributed by atoms with Crippen LogP contribution in [0.2, 0.25) is 0 Å². The summed E-state index contributed by atoms with van der Waals surface area (Å²) in [4.78, 5) is 12.0. The van der Waals surface area contributed by atoms with Crippen LogP contribution >= 0.6 is 0 Å². The van der Waals surface area contributed by atoms with Crippen LogP contribution in [0.25, 0.3) is 0 Å². The van der Waals surface area contributed by atoms with Crippen LogP contribution in [0.15, 0.2) is 36.4 Å². The normalized spacial score (nSPS) is 11.5. The minimum atomic E-state index is -0.714. The maximum atomic E-state index is 13.7. The Morgan fingerprint density at radius 1 is 1.04 bits per heavy atom. The van der Waals surface area contributed by atoms with Gasteiger partial charge in [-0.05, 0) is 25.1 Å². The van der Waals surface area contributed by atoms with Crippen molar-refractivity contribution in [1.29, 1.82) is 0 Å². The molecule has 0 saturated carbocycles. The first-order chi connectivity index (χ1) is 11.4. The fourth-order valence-electron chi connectivity index (χ4n) is 2.21. The third-order valence-electron chi connectivity index (χ3n) is 3.42. The van der Waals surface area contributed by atoms with Crippen LogP contribution in [-0.4, -0.2) is 20.3 Å². The molecule has 2 aromatic carbocycles. The Balaban J connectivity index is 2.05. The molecule has 2 amide bonds. The molecular formula is C17H18F2N2O3. The number of hydrogen-bond donors (Lipinski definition) is 2. The number of benzene rings is 2. The van der Waals surface area contributed by atoms with E-state index in [2.05, 4.69) is 10.6 Å². The van der Waals surface area contributed by atoms with Crippen LogP contribution in [0.5, 0.6) is 11.5 Å². The molecule has 0 radical (unpaired) electrons. The number of ether oxygens (including phenoxy) is 2. The van der Waals surface area contributed by atoms with Crippen molar-refractivity contribution in [3.05, 3.63) is 53.6 Å². The van der Waals surface area contributed by atoms with E-state index >= 15 is 0 Å². The fraction of sp³-hybridized carbons (Fsp3) is 0.235. The fourth-order valence-corrected chi connectivity index (χ4v) is 2.21. The standard InChI is InChI=1S/C17H18F2N2O3/c1-10(13-6-4-11(18)8-14(13)19)20-17(22)21-12-5-7-15(23-2)16(9-12)24-3/h4-10H,1-3H3,(H2,20,21,22)/t10-/m0/s1. The van der Waals surface area contributed by atoms with E-state index < -0.39 is 23.7 Å². The number of carbonyl (C=O) groups is 1. The summed E-state index contributed by atoms with van der Waals surface area (Å²) < 4.78 is 36.9. The number of hydrogen-bond acceptors (Lipinski definition) is 3. The van der Waals surface area contributed by atoms with Gasteiger partial charge in [-0.2, -0.15) is 0 Å². The highest BCUT2D eigenvalue weighted by atomic mass is 19.1. The molecule has 7 heteroatoms. The van der Waals surface area contributed by atoms with Crippen LogP contribution in [-0.2, 0) is 0 Å². The molecule has 24 heavy (non-hydrogen) atoms. The minimum Gasteiger partial charge on any atom is -0.493 e. The lowest BCUT2D eigenvalue weighted by Gasteiger charge is -2.16. The van der Waals surface area contributed by atoms with E-state index in [1.807, 2.05) is 0 Å². The van der Waals surface area contributed by atoms with Crippen LogP contribution in [0.3, 0.4) is 0 Å². The van der Waals surface area contributed by atoms with Gasteiger partial charge in [-0.15, -0.1) is 0 Å². The molecule has 0 aliphatic carbocycles. The van der Waals surface area contributed by atoms with E-state index in [4.69, 9.17) is 9.47 Å². The molecule has 0 aromatic heterocycles. The molecule has 1 atom stereocenters. The summed E-state index contributed by atoms with van der Waals surface area (Å²) in [6, 6.07) is 6.95. The molecule has 5 nitrogen and oxygen atoms in total. The van der Waals surface area contributed by atoms with Crippen molar-refractivity contribution in [2.75, 3.05) is 19.5 Å². The molecule has 2 rings (SSSR count). The first-order valence-electron chi connectivity index (χ1n) is 7.19. The Labute approximate surface area is 138 Å². The van der Waals surface area contributed by atoms with E-state index in [9.17, 15) is 13.6 Å². The first-order valence-corrected chi connectivity index (χ1v) is 7.19. The predicted molar refractivity (Wildman–Crippen MR) is 86.5 cm³/mol. The van der Waals surface area contributed by atoms with E-state index in [-0.39, 0.29) is 5.56 Å². The van der Waals surface area contributed by atoms with Crippen molar-refractivity contribution in [3.63, 3.8) is 0 Å². The molecule has 128 valence electrons. The number of halogens is 2. The third kappa shape index (κ3) is 4.13. The summed E-state index contributed by atoms with van der Waals surface area (Å²) in [6.07, 6.45) is 0. The lowest BCUT2D eigenvalue weighted by molar-refractivity contribution is 0.249. The molecule has 0 heterocycles. The van der Waals surface area contributed by atoms with Gasteiger partial charge in [-0.25, -0.2) is 13.6 Å². The SMILES string of the molecule is COc1ccc(NC(=O)N[C@@H](C)c2ccc(F)cc2F)cc1OC. The number of urea groups is 1. The van der Waals surface area contributed by atoms with Gasteiger partial charge in [0.1, 0.15) is 11.6 Å². The molecule has 2 aromatic rings. The van der Waals surface area contributed by atoms with E-state index in [1.54, 1.807) is 25.1 Å². The summed E-state index contributed by atoms with van der Waals surface area (Å²) in [6.45, 7) is 1.60. The smallest absolute Gasteiger partial charge is 0.319 e. The third-order valence-corrected chi connectivity index (χ3v) is 3.42. The monoisotopic (exact) mass is 336 g/mol. The Morgan fingerprint density at radius 2 is 1.75 bits per heavy atom. The second kappa shape index (κ2) is 7.63. The predicted octanol–water partition coefficient (Wildman–Crippen LogP) is 3.86. The van der Waals surface area contributed by atoms with Gasteiger partial charge < -0.3 is 20.1 Å². The van der Waals surface area contributed by atoms with Gasteiger partial charge >= 0.3 is 6.03 Å².